The topological polar surface area (TPSA) is 104 Å². The zero-order valence-corrected chi connectivity index (χ0v) is 20.8. The number of fused-ring (bicyclic) bond motifs is 4. The summed E-state index contributed by atoms with van der Waals surface area (Å²) >= 11 is -1.31. The number of benzene rings is 1. The molecule has 0 radical (unpaired) electrons. The van der Waals surface area contributed by atoms with E-state index in [1.54, 1.807) is 42.7 Å². The normalized spacial score (nSPS) is 25.5. The fourth-order valence-corrected chi connectivity index (χ4v) is 6.23. The number of aromatic amines is 1. The first-order chi connectivity index (χ1) is 16.2. The summed E-state index contributed by atoms with van der Waals surface area (Å²) in [6, 6.07) is 5.53. The first-order valence-corrected chi connectivity index (χ1v) is 12.8. The number of piperidine rings is 3. The van der Waals surface area contributed by atoms with Gasteiger partial charge in [0.2, 0.25) is 0 Å². The average molecular weight is 482 g/mol. The molecule has 2 unspecified atom stereocenters. The highest BCUT2D eigenvalue weighted by molar-refractivity contribution is 7.89. The molecule has 0 saturated carbocycles. The molecule has 2 bridgehead atoms. The average Bonchev–Trinajstić information content (AvgIpc) is 3.28. The molecule has 3 fully saturated rings. The molecule has 34 heavy (non-hydrogen) atoms. The summed E-state index contributed by atoms with van der Waals surface area (Å²) in [5, 5.41) is 6.15. The fourth-order valence-electron chi connectivity index (χ4n) is 5.40. The number of H-pyrrole nitrogens is 1. The van der Waals surface area contributed by atoms with E-state index in [2.05, 4.69) is 20.5 Å². The summed E-state index contributed by atoms with van der Waals surface area (Å²) in [7, 11) is 3.49. The molecule has 9 heteroatoms. The fraction of sp³-hybridized carbons (Fsp3) is 0.440. The van der Waals surface area contributed by atoms with Crippen molar-refractivity contribution < 1.29 is 14.1 Å². The summed E-state index contributed by atoms with van der Waals surface area (Å²) < 4.78 is 14.2. The Morgan fingerprint density at radius 3 is 2.65 bits per heavy atom. The van der Waals surface area contributed by atoms with Crippen LogP contribution in [0.25, 0.3) is 11.6 Å². The van der Waals surface area contributed by atoms with E-state index in [1.165, 1.54) is 0 Å². The minimum atomic E-state index is -1.31. The SMILES string of the molecule is Cc1[nH]c(/C=C2\C(=O)Nc3ccc([S+]([O-])N(C)C)cc32)c(C)c1C(=O)NC1CN2CCC1CC2. The van der Waals surface area contributed by atoms with Crippen LogP contribution < -0.4 is 10.6 Å². The van der Waals surface area contributed by atoms with Crippen molar-refractivity contribution in [3.05, 3.63) is 46.3 Å². The predicted octanol–water partition coefficient (Wildman–Crippen LogP) is 2.53. The number of anilines is 1. The molecule has 0 spiro atoms. The molecule has 3 saturated heterocycles. The molecule has 4 aliphatic heterocycles. The molecule has 180 valence electrons. The van der Waals surface area contributed by atoms with E-state index in [9.17, 15) is 14.1 Å². The standard InChI is InChI=1S/C25H31N5O3S/c1-14-21(12-19-18-11-17(34(33)29(3)4)5-6-20(18)27-24(19)31)26-15(2)23(14)25(32)28-22-13-30-9-7-16(22)8-10-30/h5-6,11-12,16,22,26H,7-10,13H2,1-4H3,(H,27,31)(H,28,32)/b19-12-. The number of amides is 2. The maximum atomic E-state index is 13.2. The van der Waals surface area contributed by atoms with Crippen LogP contribution in [0, 0.1) is 19.8 Å². The van der Waals surface area contributed by atoms with Crippen LogP contribution >= 0.6 is 0 Å². The van der Waals surface area contributed by atoms with Crippen LogP contribution in [-0.2, 0) is 16.2 Å². The largest absolute Gasteiger partial charge is 0.593 e. The number of carbonyl (C=O) groups excluding carboxylic acids is 2. The molecule has 5 heterocycles. The number of rotatable bonds is 5. The van der Waals surface area contributed by atoms with Crippen LogP contribution in [-0.4, -0.2) is 70.3 Å². The van der Waals surface area contributed by atoms with Crippen molar-refractivity contribution in [2.24, 2.45) is 5.92 Å². The Labute approximate surface area is 203 Å². The van der Waals surface area contributed by atoms with E-state index in [0.717, 1.165) is 49.4 Å². The van der Waals surface area contributed by atoms with Gasteiger partial charge in [0.25, 0.3) is 11.8 Å². The molecule has 0 aliphatic carbocycles. The van der Waals surface area contributed by atoms with Crippen LogP contribution in [0.1, 0.15) is 45.7 Å². The lowest BCUT2D eigenvalue weighted by molar-refractivity contribution is -0.110. The van der Waals surface area contributed by atoms with Crippen LogP contribution in [0.15, 0.2) is 23.1 Å². The maximum absolute atomic E-state index is 13.2. The molecular weight excluding hydrogens is 450 g/mol. The molecule has 1 aromatic heterocycles. The van der Waals surface area contributed by atoms with Crippen molar-refractivity contribution >= 4 is 40.5 Å². The summed E-state index contributed by atoms with van der Waals surface area (Å²) in [6.45, 7) is 6.98. The summed E-state index contributed by atoms with van der Waals surface area (Å²) in [5.74, 6) is 0.276. The van der Waals surface area contributed by atoms with Gasteiger partial charge in [-0.25, -0.2) is 0 Å². The van der Waals surface area contributed by atoms with E-state index in [4.69, 9.17) is 0 Å². The number of nitrogens with one attached hydrogen (secondary N) is 3. The number of aromatic nitrogens is 1. The van der Waals surface area contributed by atoms with E-state index in [1.807, 2.05) is 13.8 Å². The maximum Gasteiger partial charge on any atom is 0.256 e. The van der Waals surface area contributed by atoms with E-state index in [-0.39, 0.29) is 17.9 Å². The molecule has 2 amide bonds. The molecule has 1 aromatic carbocycles. The Morgan fingerprint density at radius 1 is 1.26 bits per heavy atom. The molecule has 6 rings (SSSR count). The minimum Gasteiger partial charge on any atom is -0.593 e. The van der Waals surface area contributed by atoms with Crippen molar-refractivity contribution in [2.75, 3.05) is 39.0 Å². The van der Waals surface area contributed by atoms with Crippen molar-refractivity contribution in [3.8, 4) is 0 Å². The highest BCUT2D eigenvalue weighted by atomic mass is 32.2. The molecule has 8 nitrogen and oxygen atoms in total. The lowest BCUT2D eigenvalue weighted by Gasteiger charge is -2.44. The molecule has 3 N–H and O–H groups in total. The van der Waals surface area contributed by atoms with Gasteiger partial charge in [-0.2, -0.15) is 0 Å². The van der Waals surface area contributed by atoms with E-state index in [0.29, 0.717) is 33.2 Å². The van der Waals surface area contributed by atoms with Crippen molar-refractivity contribution in [2.45, 2.75) is 37.6 Å². The number of hydrogen-bond donors (Lipinski definition) is 3. The van der Waals surface area contributed by atoms with E-state index < -0.39 is 11.4 Å². The number of hydrogen-bond acceptors (Lipinski definition) is 5. The quantitative estimate of drug-likeness (QED) is 0.450. The molecule has 4 aliphatic rings. The van der Waals surface area contributed by atoms with Gasteiger partial charge in [-0.1, -0.05) is 0 Å². The Kier molecular flexibility index (Phi) is 6.05. The van der Waals surface area contributed by atoms with Gasteiger partial charge in [-0.15, -0.1) is 4.31 Å². The third-order valence-corrected chi connectivity index (χ3v) is 8.59. The Morgan fingerprint density at radius 2 is 2.00 bits per heavy atom. The van der Waals surface area contributed by atoms with E-state index >= 15 is 0 Å². The molecule has 2 aromatic rings. The zero-order chi connectivity index (χ0) is 24.1. The second-order valence-electron chi connectivity index (χ2n) is 9.66. The summed E-state index contributed by atoms with van der Waals surface area (Å²) in [5.41, 5.74) is 4.86. The van der Waals surface area contributed by atoms with Gasteiger partial charge < -0.3 is 25.1 Å². The number of carbonyl (C=O) groups is 2. The smallest absolute Gasteiger partial charge is 0.256 e. The third kappa shape index (κ3) is 4.07. The van der Waals surface area contributed by atoms with Gasteiger partial charge in [-0.3, -0.25) is 9.59 Å². The Balaban J connectivity index is 1.43. The highest BCUT2D eigenvalue weighted by Gasteiger charge is 2.35. The monoisotopic (exact) mass is 481 g/mol. The van der Waals surface area contributed by atoms with Crippen LogP contribution in [0.3, 0.4) is 0 Å². The molecular formula is C25H31N5O3S. The number of nitrogens with zero attached hydrogens (tertiary/aromatic N) is 2. The summed E-state index contributed by atoms with van der Waals surface area (Å²) in [4.78, 5) is 32.4. The molecule has 2 atom stereocenters. The first-order valence-electron chi connectivity index (χ1n) is 11.7. The lowest BCUT2D eigenvalue weighted by atomic mass is 9.84. The Hall–Kier alpha value is -2.59. The van der Waals surface area contributed by atoms with Crippen LogP contribution in [0.2, 0.25) is 0 Å². The zero-order valence-electron chi connectivity index (χ0n) is 20.0. The van der Waals surface area contributed by atoms with Gasteiger partial charge in [0, 0.05) is 55.4 Å². The minimum absolute atomic E-state index is 0.0606. The third-order valence-electron chi connectivity index (χ3n) is 7.27. The first kappa shape index (κ1) is 23.2. The predicted molar refractivity (Wildman–Crippen MR) is 134 cm³/mol. The summed E-state index contributed by atoms with van der Waals surface area (Å²) in [6.07, 6.45) is 4.07. The van der Waals surface area contributed by atoms with Gasteiger partial charge >= 0.3 is 0 Å². The second-order valence-corrected chi connectivity index (χ2v) is 11.4. The van der Waals surface area contributed by atoms with Crippen molar-refractivity contribution in [1.29, 1.82) is 0 Å². The lowest BCUT2D eigenvalue weighted by Crippen LogP contribution is -2.57. The Bertz CT molecular complexity index is 1180. The van der Waals surface area contributed by atoms with Gasteiger partial charge in [0.05, 0.1) is 22.5 Å². The second kappa shape index (κ2) is 8.88. The van der Waals surface area contributed by atoms with Gasteiger partial charge in [0.1, 0.15) is 0 Å². The van der Waals surface area contributed by atoms with Crippen LogP contribution in [0.4, 0.5) is 5.69 Å². The van der Waals surface area contributed by atoms with Gasteiger partial charge in [-0.05, 0) is 69.5 Å². The van der Waals surface area contributed by atoms with Crippen molar-refractivity contribution in [3.63, 3.8) is 0 Å². The van der Waals surface area contributed by atoms with Crippen molar-refractivity contribution in [1.82, 2.24) is 19.5 Å². The highest BCUT2D eigenvalue weighted by Crippen LogP contribution is 2.36. The van der Waals surface area contributed by atoms with Gasteiger partial charge in [0.15, 0.2) is 4.90 Å². The number of aryl methyl sites for hydroxylation is 1. The van der Waals surface area contributed by atoms with Crippen LogP contribution in [0.5, 0.6) is 0 Å².